The normalized spacial score (nSPS) is 12.9. The molecule has 1 heterocycles. The summed E-state index contributed by atoms with van der Waals surface area (Å²) in [5.41, 5.74) is 2.46. The first-order chi connectivity index (χ1) is 12.4. The van der Waals surface area contributed by atoms with E-state index in [9.17, 15) is 9.35 Å². The number of unbranched alkanes of at least 4 members (excludes halogenated alkanes) is 2. The fraction of sp³-hybridized carbons (Fsp3) is 0.550. The van der Waals surface area contributed by atoms with Gasteiger partial charge in [-0.05, 0) is 50.8 Å². The molecule has 1 atom stereocenters. The van der Waals surface area contributed by atoms with Gasteiger partial charge in [-0.2, -0.15) is 0 Å². The zero-order chi connectivity index (χ0) is 19.1. The Morgan fingerprint density at radius 1 is 1.08 bits per heavy atom. The van der Waals surface area contributed by atoms with E-state index < -0.39 is 11.4 Å². The Labute approximate surface area is 158 Å². The van der Waals surface area contributed by atoms with Crippen LogP contribution in [0.25, 0.3) is 11.0 Å². The van der Waals surface area contributed by atoms with E-state index in [1.807, 2.05) is 26.0 Å². The fourth-order valence-electron chi connectivity index (χ4n) is 2.74. The van der Waals surface area contributed by atoms with Crippen molar-refractivity contribution in [3.63, 3.8) is 0 Å². The molecule has 2 aromatic rings. The highest BCUT2D eigenvalue weighted by Crippen LogP contribution is 2.28. The molecule has 0 aliphatic rings. The van der Waals surface area contributed by atoms with Gasteiger partial charge in [0.1, 0.15) is 10.8 Å². The van der Waals surface area contributed by atoms with Crippen LogP contribution in [-0.2, 0) is 11.4 Å². The van der Waals surface area contributed by atoms with Crippen LogP contribution in [0.2, 0.25) is 0 Å². The zero-order valence-electron chi connectivity index (χ0n) is 16.1. The first kappa shape index (κ1) is 20.8. The van der Waals surface area contributed by atoms with Crippen molar-refractivity contribution in [3.8, 4) is 0 Å². The van der Waals surface area contributed by atoms with Gasteiger partial charge in [0.2, 0.25) is 0 Å². The van der Waals surface area contributed by atoms with Gasteiger partial charge in [-0.1, -0.05) is 20.3 Å². The molecule has 0 fully saturated rings. The van der Waals surface area contributed by atoms with Gasteiger partial charge < -0.3 is 14.3 Å². The Morgan fingerprint density at radius 2 is 1.81 bits per heavy atom. The van der Waals surface area contributed by atoms with Crippen molar-refractivity contribution < 1.29 is 8.97 Å². The quantitative estimate of drug-likeness (QED) is 0.369. The molecule has 1 unspecified atom stereocenters. The van der Waals surface area contributed by atoms with Crippen LogP contribution in [0.15, 0.2) is 33.5 Å². The molecule has 144 valence electrons. The van der Waals surface area contributed by atoms with E-state index in [1.54, 1.807) is 0 Å². The van der Waals surface area contributed by atoms with Gasteiger partial charge in [0.05, 0.1) is 0 Å². The summed E-state index contributed by atoms with van der Waals surface area (Å²) < 4.78 is 20.0. The van der Waals surface area contributed by atoms with E-state index in [4.69, 9.17) is 4.42 Å². The van der Waals surface area contributed by atoms with E-state index in [2.05, 4.69) is 30.0 Å². The lowest BCUT2D eigenvalue weighted by molar-refractivity contribution is 0.554. The summed E-state index contributed by atoms with van der Waals surface area (Å²) in [6, 6.07) is 7.38. The lowest BCUT2D eigenvalue weighted by atomic mass is 9.99. The summed E-state index contributed by atoms with van der Waals surface area (Å²) >= 11 is -0.928. The molecule has 26 heavy (non-hydrogen) atoms. The van der Waals surface area contributed by atoms with Crippen molar-refractivity contribution >= 4 is 28.0 Å². The maximum atomic E-state index is 11.6. The molecule has 1 aromatic heterocycles. The van der Waals surface area contributed by atoms with Crippen LogP contribution in [0.5, 0.6) is 0 Å². The van der Waals surface area contributed by atoms with Crippen LogP contribution in [0.1, 0.15) is 58.4 Å². The number of rotatable bonds is 10. The third kappa shape index (κ3) is 6.04. The van der Waals surface area contributed by atoms with E-state index in [0.29, 0.717) is 5.58 Å². The van der Waals surface area contributed by atoms with Gasteiger partial charge in [0, 0.05) is 47.2 Å². The molecule has 0 bridgehead atoms. The smallest absolute Gasteiger partial charge is 0.336 e. The largest absolute Gasteiger partial charge is 0.598 e. The highest BCUT2D eigenvalue weighted by atomic mass is 32.2. The molecule has 1 aromatic carbocycles. The molecule has 0 aliphatic carbocycles. The summed E-state index contributed by atoms with van der Waals surface area (Å²) in [4.78, 5) is 11.5. The first-order valence-electron chi connectivity index (χ1n) is 9.34. The molecule has 0 saturated heterocycles. The molecule has 6 heteroatoms. The number of fused-ring (bicyclic) bond motifs is 1. The summed E-state index contributed by atoms with van der Waals surface area (Å²) in [7, 11) is 0. The highest BCUT2D eigenvalue weighted by Gasteiger charge is 2.11. The van der Waals surface area contributed by atoms with Crippen LogP contribution in [0, 0.1) is 0 Å². The predicted octanol–water partition coefficient (Wildman–Crippen LogP) is 4.16. The second-order valence-corrected chi connectivity index (χ2v) is 8.95. The van der Waals surface area contributed by atoms with Crippen molar-refractivity contribution in [3.05, 3.63) is 40.2 Å². The zero-order valence-corrected chi connectivity index (χ0v) is 16.9. The number of nitrogens with one attached hydrogen (secondary N) is 2. The van der Waals surface area contributed by atoms with Crippen LogP contribution >= 0.6 is 0 Å². The molecule has 0 saturated carbocycles. The highest BCUT2D eigenvalue weighted by molar-refractivity contribution is 7.90. The SMILES string of the molecule is CC(C)c1cc(NCCCCCN[S+]([O-])C(C)C)cc2ccc(=O)oc12. The Morgan fingerprint density at radius 3 is 2.50 bits per heavy atom. The Hall–Kier alpha value is -1.50. The van der Waals surface area contributed by atoms with E-state index in [1.165, 1.54) is 6.07 Å². The minimum absolute atomic E-state index is 0.157. The maximum Gasteiger partial charge on any atom is 0.336 e. The topological polar surface area (TPSA) is 77.3 Å². The molecular formula is C20H30N2O3S. The summed E-state index contributed by atoms with van der Waals surface area (Å²) in [6.45, 7) is 9.77. The number of benzene rings is 1. The van der Waals surface area contributed by atoms with Gasteiger partial charge in [0.25, 0.3) is 0 Å². The second-order valence-electron chi connectivity index (χ2n) is 7.12. The van der Waals surface area contributed by atoms with Crippen LogP contribution < -0.4 is 15.7 Å². The van der Waals surface area contributed by atoms with Gasteiger partial charge >= 0.3 is 5.63 Å². The van der Waals surface area contributed by atoms with Gasteiger partial charge in [-0.15, -0.1) is 4.72 Å². The fourth-order valence-corrected chi connectivity index (χ4v) is 3.42. The molecule has 0 aliphatic heterocycles. The lowest BCUT2D eigenvalue weighted by Crippen LogP contribution is -2.31. The predicted molar refractivity (Wildman–Crippen MR) is 110 cm³/mol. The van der Waals surface area contributed by atoms with Crippen LogP contribution in [0.3, 0.4) is 0 Å². The Kier molecular flexibility index (Phi) is 8.00. The summed E-state index contributed by atoms with van der Waals surface area (Å²) in [5, 5.41) is 4.56. The average molecular weight is 379 g/mol. The molecule has 0 spiro atoms. The Bertz CT molecular complexity index is 758. The van der Waals surface area contributed by atoms with Crippen molar-refractivity contribution in [1.29, 1.82) is 0 Å². The van der Waals surface area contributed by atoms with Crippen molar-refractivity contribution in [1.82, 2.24) is 4.72 Å². The monoisotopic (exact) mass is 378 g/mol. The minimum atomic E-state index is -0.928. The minimum Gasteiger partial charge on any atom is -0.598 e. The molecule has 2 rings (SSSR count). The van der Waals surface area contributed by atoms with E-state index >= 15 is 0 Å². The van der Waals surface area contributed by atoms with Crippen molar-refractivity contribution in [2.75, 3.05) is 18.4 Å². The maximum absolute atomic E-state index is 11.6. The third-order valence-electron chi connectivity index (χ3n) is 4.23. The summed E-state index contributed by atoms with van der Waals surface area (Å²) in [6.07, 6.45) is 3.14. The molecule has 2 N–H and O–H groups in total. The molecule has 5 nitrogen and oxygen atoms in total. The third-order valence-corrected chi connectivity index (χ3v) is 5.57. The second kappa shape index (κ2) is 10.00. The number of hydrogen-bond donors (Lipinski definition) is 2. The van der Waals surface area contributed by atoms with E-state index in [-0.39, 0.29) is 16.8 Å². The van der Waals surface area contributed by atoms with Crippen LogP contribution in [-0.4, -0.2) is 22.9 Å². The Balaban J connectivity index is 1.85. The standard InChI is InChI=1S/C20H30N2O3S/c1-14(2)18-13-17(12-16-8-9-19(23)25-20(16)18)21-10-6-5-7-11-22-26(24)15(3)4/h8-9,12-15,21-22H,5-7,10-11H2,1-4H3. The van der Waals surface area contributed by atoms with Gasteiger partial charge in [-0.3, -0.25) is 0 Å². The lowest BCUT2D eigenvalue weighted by Gasteiger charge is -2.14. The molecule has 0 amide bonds. The average Bonchev–Trinajstić information content (AvgIpc) is 2.59. The summed E-state index contributed by atoms with van der Waals surface area (Å²) in [5.74, 6) is 0.276. The van der Waals surface area contributed by atoms with Gasteiger partial charge in [-0.25, -0.2) is 4.79 Å². The molecule has 0 radical (unpaired) electrons. The van der Waals surface area contributed by atoms with Gasteiger partial charge in [0.15, 0.2) is 0 Å². The van der Waals surface area contributed by atoms with Crippen molar-refractivity contribution in [2.45, 2.75) is 58.1 Å². The number of anilines is 1. The van der Waals surface area contributed by atoms with Crippen LogP contribution in [0.4, 0.5) is 5.69 Å². The van der Waals surface area contributed by atoms with E-state index in [0.717, 1.165) is 49.0 Å². The van der Waals surface area contributed by atoms with Crippen molar-refractivity contribution in [2.24, 2.45) is 0 Å². The number of hydrogen-bond acceptors (Lipinski definition) is 5. The first-order valence-corrected chi connectivity index (χ1v) is 10.6. The molecular weight excluding hydrogens is 348 g/mol.